The molecule has 6 aromatic carbocycles. The van der Waals surface area contributed by atoms with Gasteiger partial charge in [0.2, 0.25) is 5.91 Å². The first kappa shape index (κ1) is 51.3. The van der Waals surface area contributed by atoms with Gasteiger partial charge in [0.1, 0.15) is 34.5 Å². The van der Waals surface area contributed by atoms with Crippen LogP contribution in [0, 0.1) is 13.8 Å². The van der Waals surface area contributed by atoms with Gasteiger partial charge in [0.05, 0.1) is 33.0 Å². The Bertz CT molecular complexity index is 2370. The van der Waals surface area contributed by atoms with Crippen LogP contribution in [-0.4, -0.2) is 88.6 Å². The number of carbonyl (C=O) groups excluding carboxylic acids is 3. The Morgan fingerprint density at radius 1 is 0.484 bits per heavy atom. The van der Waals surface area contributed by atoms with Crippen molar-refractivity contribution in [3.63, 3.8) is 0 Å². The molecule has 64 heavy (non-hydrogen) atoms. The molecular formula is C50H57ClN6O7. The van der Waals surface area contributed by atoms with Gasteiger partial charge in [0, 0.05) is 22.3 Å². The molecule has 0 aliphatic carbocycles. The fourth-order valence-electron chi connectivity index (χ4n) is 5.57. The molecule has 6 aromatic rings. The van der Waals surface area contributed by atoms with Crippen molar-refractivity contribution in [2.24, 2.45) is 10.9 Å². The van der Waals surface area contributed by atoms with Crippen LogP contribution in [0.4, 0.5) is 0 Å². The second kappa shape index (κ2) is 26.4. The number of benzene rings is 6. The summed E-state index contributed by atoms with van der Waals surface area (Å²) in [6.45, 7) is 4.64. The average molecular weight is 889 g/mol. The van der Waals surface area contributed by atoms with Crippen molar-refractivity contribution in [1.29, 1.82) is 0 Å². The second-order valence-corrected chi connectivity index (χ2v) is 14.7. The predicted molar refractivity (Wildman–Crippen MR) is 255 cm³/mol. The van der Waals surface area contributed by atoms with E-state index in [1.54, 1.807) is 62.4 Å². The lowest BCUT2D eigenvalue weighted by molar-refractivity contribution is -0.122. The molecule has 0 fully saturated rings. The van der Waals surface area contributed by atoms with E-state index in [2.05, 4.69) is 10.5 Å². The monoisotopic (exact) mass is 888 g/mol. The number of halogens is 1. The molecule has 0 heterocycles. The third-order valence-corrected chi connectivity index (χ3v) is 8.85. The molecular weight excluding hydrogens is 832 g/mol. The summed E-state index contributed by atoms with van der Waals surface area (Å²) in [4.78, 5) is 38.4. The van der Waals surface area contributed by atoms with Gasteiger partial charge in [0.15, 0.2) is 5.78 Å². The zero-order chi connectivity index (χ0) is 45.7. The molecule has 0 radical (unpaired) electrons. The van der Waals surface area contributed by atoms with E-state index in [1.165, 1.54) is 0 Å². The van der Waals surface area contributed by atoms with Gasteiger partial charge in [-0.15, -0.1) is 12.4 Å². The first-order chi connectivity index (χ1) is 30.3. The fraction of sp³-hybridized carbons (Fsp3) is 0.200. The SMILES string of the molecule is CN(C)CC(=O)NN.COc1ccc(Oc2ccc(/C(=N\NC(=O)CN(C)C)c3ccc(C)cc3)cc2)cc1.COc1ccc(Oc2ccc(C(=O)c3ccc(C)cc3)cc2)cc1.Cl. The number of carbonyl (C=O) groups is 3. The van der Waals surface area contributed by atoms with E-state index in [0.717, 1.165) is 39.5 Å². The largest absolute Gasteiger partial charge is 0.497 e. The van der Waals surface area contributed by atoms with Crippen molar-refractivity contribution in [3.8, 4) is 34.5 Å². The molecule has 0 aromatic heterocycles. The van der Waals surface area contributed by atoms with Crippen LogP contribution in [0.3, 0.4) is 0 Å². The molecule has 14 heteroatoms. The van der Waals surface area contributed by atoms with Crippen LogP contribution in [0.2, 0.25) is 0 Å². The second-order valence-electron chi connectivity index (χ2n) is 14.7. The lowest BCUT2D eigenvalue weighted by Gasteiger charge is -2.12. The van der Waals surface area contributed by atoms with Crippen molar-refractivity contribution < 1.29 is 33.3 Å². The Morgan fingerprint density at radius 3 is 1.11 bits per heavy atom. The summed E-state index contributed by atoms with van der Waals surface area (Å²) < 4.78 is 22.0. The highest BCUT2D eigenvalue weighted by atomic mass is 35.5. The number of ketones is 1. The standard InChI is InChI=1S/C25H27N3O3.C21H18O3.C4H11N3O.ClH/c1-18-5-7-19(8-6-18)25(27-26-24(29)17-28(2)3)20-9-11-22(12-10-20)31-23-15-13-21(30-4)14-16-23;1-15-3-5-16(6-4-15)21(22)17-7-9-19(10-8-17)24-20-13-11-18(23-2)12-14-20;1-7(2)3-4(8)6-5;/h5-16H,17H2,1-4H3,(H,26,29);3-14H,1-2H3;3,5H2,1-2H3,(H,6,8);1H/b27-25-;;;. The molecule has 336 valence electrons. The number of nitrogens with zero attached hydrogens (tertiary/aromatic N) is 3. The van der Waals surface area contributed by atoms with Crippen molar-refractivity contribution in [3.05, 3.63) is 179 Å². The number of aryl methyl sites for hydroxylation is 2. The summed E-state index contributed by atoms with van der Waals surface area (Å²) in [5.41, 5.74) is 10.8. The molecule has 0 bridgehead atoms. The molecule has 0 aliphatic rings. The Labute approximate surface area is 382 Å². The highest BCUT2D eigenvalue weighted by molar-refractivity contribution is 6.13. The zero-order valence-corrected chi connectivity index (χ0v) is 38.3. The topological polar surface area (TPSA) is 157 Å². The number of nitrogens with one attached hydrogen (secondary N) is 2. The van der Waals surface area contributed by atoms with Gasteiger partial charge in [-0.25, -0.2) is 11.3 Å². The van der Waals surface area contributed by atoms with Crippen molar-refractivity contribution in [1.82, 2.24) is 20.7 Å². The van der Waals surface area contributed by atoms with E-state index in [-0.39, 0.29) is 36.5 Å². The van der Waals surface area contributed by atoms with E-state index >= 15 is 0 Å². The number of hydrogen-bond donors (Lipinski definition) is 3. The van der Waals surface area contributed by atoms with Gasteiger partial charge in [0.25, 0.3) is 5.91 Å². The molecule has 0 saturated carbocycles. The number of hydrazone groups is 1. The number of rotatable bonds is 15. The Balaban J connectivity index is 0.000000293. The minimum atomic E-state index is -0.172. The average Bonchev–Trinajstić information content (AvgIpc) is 3.28. The fourth-order valence-corrected chi connectivity index (χ4v) is 5.57. The summed E-state index contributed by atoms with van der Waals surface area (Å²) in [6.07, 6.45) is 0. The zero-order valence-electron chi connectivity index (χ0n) is 37.5. The first-order valence-electron chi connectivity index (χ1n) is 19.9. The highest BCUT2D eigenvalue weighted by Gasteiger charge is 2.11. The Morgan fingerprint density at radius 2 is 0.781 bits per heavy atom. The molecule has 0 spiro atoms. The van der Waals surface area contributed by atoms with E-state index < -0.39 is 0 Å². The van der Waals surface area contributed by atoms with Gasteiger partial charge in [-0.2, -0.15) is 5.10 Å². The molecule has 0 atom stereocenters. The number of nitrogens with two attached hydrogens (primary N) is 1. The van der Waals surface area contributed by atoms with Gasteiger partial charge in [-0.1, -0.05) is 59.7 Å². The molecule has 0 unspecified atom stereocenters. The van der Waals surface area contributed by atoms with Crippen molar-refractivity contribution in [2.45, 2.75) is 13.8 Å². The number of ether oxygens (including phenoxy) is 4. The third-order valence-electron chi connectivity index (χ3n) is 8.85. The van der Waals surface area contributed by atoms with Crippen LogP contribution in [0.25, 0.3) is 0 Å². The summed E-state index contributed by atoms with van der Waals surface area (Å²) in [5.74, 6) is 8.83. The van der Waals surface area contributed by atoms with E-state index in [0.29, 0.717) is 40.6 Å². The maximum Gasteiger partial charge on any atom is 0.254 e. The van der Waals surface area contributed by atoms with Gasteiger partial charge in [-0.05, 0) is 139 Å². The maximum atomic E-state index is 12.4. The minimum Gasteiger partial charge on any atom is -0.497 e. The van der Waals surface area contributed by atoms with Crippen molar-refractivity contribution in [2.75, 3.05) is 55.5 Å². The van der Waals surface area contributed by atoms with Gasteiger partial charge in [-0.3, -0.25) is 19.8 Å². The third kappa shape index (κ3) is 17.4. The van der Waals surface area contributed by atoms with Crippen LogP contribution in [0.15, 0.2) is 151 Å². The maximum absolute atomic E-state index is 12.4. The molecule has 6 rings (SSSR count). The van der Waals surface area contributed by atoms with Crippen molar-refractivity contribution >= 4 is 35.7 Å². The number of amides is 2. The minimum absolute atomic E-state index is 0. The Kier molecular flexibility index (Phi) is 21.2. The quantitative estimate of drug-likeness (QED) is 0.0302. The van der Waals surface area contributed by atoms with Crippen LogP contribution in [-0.2, 0) is 9.59 Å². The molecule has 0 saturated heterocycles. The van der Waals surface area contributed by atoms with E-state index in [4.69, 9.17) is 24.8 Å². The number of likely N-dealkylation sites (N-methyl/N-ethyl adjacent to an activating group) is 2. The van der Waals surface area contributed by atoms with Crippen LogP contribution in [0.5, 0.6) is 34.5 Å². The van der Waals surface area contributed by atoms with E-state index in [1.807, 2.05) is 155 Å². The van der Waals surface area contributed by atoms with Crippen LogP contribution in [0.1, 0.15) is 38.2 Å². The Hall–Kier alpha value is -7.03. The van der Waals surface area contributed by atoms with Crippen LogP contribution < -0.4 is 35.6 Å². The highest BCUT2D eigenvalue weighted by Crippen LogP contribution is 2.26. The molecule has 0 aliphatic heterocycles. The summed E-state index contributed by atoms with van der Waals surface area (Å²) >= 11 is 0. The lowest BCUT2D eigenvalue weighted by Crippen LogP contribution is -2.37. The summed E-state index contributed by atoms with van der Waals surface area (Å²) in [6, 6.07) is 45.1. The summed E-state index contributed by atoms with van der Waals surface area (Å²) in [7, 11) is 10.5. The predicted octanol–water partition coefficient (Wildman–Crippen LogP) is 8.21. The number of hydrogen-bond acceptors (Lipinski definition) is 11. The number of methoxy groups -OCH3 is 2. The normalized spacial score (nSPS) is 10.5. The molecule has 4 N–H and O–H groups in total. The summed E-state index contributed by atoms with van der Waals surface area (Å²) in [5, 5.41) is 4.42. The smallest absolute Gasteiger partial charge is 0.254 e. The molecule has 13 nitrogen and oxygen atoms in total. The van der Waals surface area contributed by atoms with Gasteiger partial charge < -0.3 is 28.7 Å². The van der Waals surface area contributed by atoms with Crippen LogP contribution >= 0.6 is 12.4 Å². The lowest BCUT2D eigenvalue weighted by atomic mass is 10.0. The van der Waals surface area contributed by atoms with E-state index in [9.17, 15) is 14.4 Å². The number of hydrazine groups is 1. The first-order valence-corrected chi connectivity index (χ1v) is 19.9. The molecule has 2 amide bonds. The van der Waals surface area contributed by atoms with Gasteiger partial charge >= 0.3 is 0 Å².